The van der Waals surface area contributed by atoms with Gasteiger partial charge in [-0.2, -0.15) is 0 Å². The minimum absolute atomic E-state index is 0.121. The average Bonchev–Trinajstić information content (AvgIpc) is 2.97. The monoisotopic (exact) mass is 454 g/mol. The lowest BCUT2D eigenvalue weighted by Gasteiger charge is -2.14. The maximum atomic E-state index is 15.0. The average molecular weight is 455 g/mol. The molecule has 0 radical (unpaired) electrons. The van der Waals surface area contributed by atoms with Crippen LogP contribution in [0.5, 0.6) is 5.75 Å². The van der Waals surface area contributed by atoms with E-state index < -0.39 is 35.1 Å². The van der Waals surface area contributed by atoms with Crippen molar-refractivity contribution in [1.29, 1.82) is 0 Å². The first-order chi connectivity index (χ1) is 14.1. The Morgan fingerprint density at radius 3 is 2.43 bits per heavy atom. The van der Waals surface area contributed by atoms with Gasteiger partial charge in [0, 0.05) is 22.7 Å². The van der Waals surface area contributed by atoms with Crippen molar-refractivity contribution in [2.75, 3.05) is 0 Å². The van der Waals surface area contributed by atoms with Crippen LogP contribution in [0, 0.1) is 18.6 Å². The van der Waals surface area contributed by atoms with Gasteiger partial charge in [0.1, 0.15) is 0 Å². The zero-order valence-electron chi connectivity index (χ0n) is 16.1. The molecule has 9 heteroatoms. The summed E-state index contributed by atoms with van der Waals surface area (Å²) in [6.07, 6.45) is 0.836. The van der Waals surface area contributed by atoms with Crippen molar-refractivity contribution in [2.24, 2.45) is 5.73 Å². The number of phenols is 1. The van der Waals surface area contributed by atoms with Crippen molar-refractivity contribution in [3.05, 3.63) is 62.8 Å². The van der Waals surface area contributed by atoms with E-state index in [1.807, 2.05) is 6.92 Å². The van der Waals surface area contributed by atoms with E-state index >= 15 is 0 Å². The molecule has 3 aromatic rings. The number of carbonyl (C=O) groups excluding carboxylic acids is 2. The van der Waals surface area contributed by atoms with Crippen molar-refractivity contribution in [1.82, 2.24) is 4.57 Å². The maximum Gasteiger partial charge on any atom is 0.262 e. The van der Waals surface area contributed by atoms with Crippen molar-refractivity contribution in [3.63, 3.8) is 0 Å². The van der Waals surface area contributed by atoms with Crippen LogP contribution < -0.4 is 5.73 Å². The number of fused-ring (bicyclic) bond motifs is 1. The maximum absolute atomic E-state index is 15.0. The first-order valence-electron chi connectivity index (χ1n) is 9.11. The van der Waals surface area contributed by atoms with Crippen LogP contribution in [0.3, 0.4) is 0 Å². The molecule has 0 aliphatic rings. The van der Waals surface area contributed by atoms with E-state index in [0.717, 1.165) is 10.6 Å². The highest BCUT2D eigenvalue weighted by atomic mass is 35.5. The molecule has 0 aliphatic heterocycles. The molecule has 0 fully saturated rings. The fourth-order valence-corrected chi connectivity index (χ4v) is 3.97. The SMILES string of the molecule is CCCC(C(N)=O)c1c(C)n(C(=O)c2ccc(Cl)c(Cl)c2)c2cc(F)c(O)c(F)c12. The Labute approximate surface area is 181 Å². The molecule has 0 bridgehead atoms. The van der Waals surface area contributed by atoms with Gasteiger partial charge in [-0.05, 0) is 37.1 Å². The molecule has 30 heavy (non-hydrogen) atoms. The molecule has 3 N–H and O–H groups in total. The fraction of sp³-hybridized carbons (Fsp3) is 0.238. The molecular weight excluding hydrogens is 437 g/mol. The van der Waals surface area contributed by atoms with Crippen LogP contribution in [-0.4, -0.2) is 21.5 Å². The van der Waals surface area contributed by atoms with Crippen LogP contribution in [0.15, 0.2) is 24.3 Å². The summed E-state index contributed by atoms with van der Waals surface area (Å²) in [5.41, 5.74) is 5.88. The van der Waals surface area contributed by atoms with Crippen molar-refractivity contribution < 1.29 is 23.5 Å². The van der Waals surface area contributed by atoms with E-state index in [9.17, 15) is 23.5 Å². The molecule has 0 spiro atoms. The van der Waals surface area contributed by atoms with Gasteiger partial charge in [0.25, 0.3) is 5.91 Å². The third-order valence-electron chi connectivity index (χ3n) is 5.05. The third-order valence-corrected chi connectivity index (χ3v) is 5.79. The number of carbonyl (C=O) groups is 2. The van der Waals surface area contributed by atoms with E-state index in [4.69, 9.17) is 28.9 Å². The molecule has 1 heterocycles. The molecule has 1 aromatic heterocycles. The van der Waals surface area contributed by atoms with Crippen molar-refractivity contribution in [3.8, 4) is 5.75 Å². The Kier molecular flexibility index (Phi) is 6.06. The Hall–Kier alpha value is -2.64. The highest BCUT2D eigenvalue weighted by Crippen LogP contribution is 2.40. The minimum Gasteiger partial charge on any atom is -0.503 e. The summed E-state index contributed by atoms with van der Waals surface area (Å²) >= 11 is 11.9. The molecule has 158 valence electrons. The summed E-state index contributed by atoms with van der Waals surface area (Å²) in [6.45, 7) is 3.32. The van der Waals surface area contributed by atoms with Gasteiger partial charge in [0.05, 0.1) is 21.5 Å². The molecule has 0 aliphatic carbocycles. The Morgan fingerprint density at radius 2 is 1.87 bits per heavy atom. The van der Waals surface area contributed by atoms with E-state index in [1.54, 1.807) is 0 Å². The molecule has 1 amide bonds. The van der Waals surface area contributed by atoms with E-state index in [1.165, 1.54) is 25.1 Å². The topological polar surface area (TPSA) is 85.3 Å². The molecule has 1 unspecified atom stereocenters. The summed E-state index contributed by atoms with van der Waals surface area (Å²) in [5, 5.41) is 9.95. The van der Waals surface area contributed by atoms with Crippen LogP contribution in [-0.2, 0) is 4.79 Å². The number of amides is 1. The molecule has 3 rings (SSSR count). The summed E-state index contributed by atoms with van der Waals surface area (Å²) in [5.74, 6) is -5.97. The van der Waals surface area contributed by atoms with E-state index in [-0.39, 0.29) is 44.2 Å². The second-order valence-corrected chi connectivity index (χ2v) is 7.74. The van der Waals surface area contributed by atoms with Gasteiger partial charge in [-0.1, -0.05) is 36.5 Å². The lowest BCUT2D eigenvalue weighted by atomic mass is 9.91. The molecule has 2 aromatic carbocycles. The highest BCUT2D eigenvalue weighted by molar-refractivity contribution is 6.42. The molecular formula is C21H18Cl2F2N2O3. The van der Waals surface area contributed by atoms with Gasteiger partial charge >= 0.3 is 0 Å². The number of hydrogen-bond acceptors (Lipinski definition) is 3. The second-order valence-electron chi connectivity index (χ2n) is 6.93. The van der Waals surface area contributed by atoms with Crippen molar-refractivity contribution in [2.45, 2.75) is 32.6 Å². The summed E-state index contributed by atoms with van der Waals surface area (Å²) in [7, 11) is 0. The predicted octanol–water partition coefficient (Wildman–Crippen LogP) is 5.30. The number of nitrogens with two attached hydrogens (primary N) is 1. The molecule has 1 atom stereocenters. The summed E-state index contributed by atoms with van der Waals surface area (Å²) in [4.78, 5) is 25.4. The Morgan fingerprint density at radius 1 is 1.20 bits per heavy atom. The van der Waals surface area contributed by atoms with Crippen LogP contribution in [0.4, 0.5) is 8.78 Å². The first-order valence-corrected chi connectivity index (χ1v) is 9.86. The lowest BCUT2D eigenvalue weighted by molar-refractivity contribution is -0.119. The van der Waals surface area contributed by atoms with Crippen LogP contribution in [0.25, 0.3) is 10.9 Å². The number of rotatable bonds is 5. The van der Waals surface area contributed by atoms with E-state index in [0.29, 0.717) is 6.42 Å². The smallest absolute Gasteiger partial charge is 0.262 e. The standard InChI is InChI=1S/C21H18Cl2F2N2O3/c1-3-4-11(20(26)29)16-9(2)27(15-8-14(24)19(28)18(25)17(15)16)21(30)10-5-6-12(22)13(23)7-10/h5-8,11,28H,3-4H2,1-2H3,(H2,26,29). The van der Waals surface area contributed by atoms with Crippen molar-refractivity contribution >= 4 is 45.9 Å². The fourth-order valence-electron chi connectivity index (χ4n) is 3.67. The second kappa shape index (κ2) is 8.24. The predicted molar refractivity (Wildman–Crippen MR) is 111 cm³/mol. The van der Waals surface area contributed by atoms with Crippen LogP contribution in [0.2, 0.25) is 10.0 Å². The number of primary amides is 1. The molecule has 0 saturated carbocycles. The number of aromatic hydroxyl groups is 1. The quantitative estimate of drug-likeness (QED) is 0.548. The third kappa shape index (κ3) is 3.52. The van der Waals surface area contributed by atoms with Gasteiger partial charge in [-0.3, -0.25) is 14.2 Å². The van der Waals surface area contributed by atoms with Gasteiger partial charge in [0.2, 0.25) is 5.91 Å². The number of aromatic nitrogens is 1. The number of halogens is 4. The number of nitrogens with zero attached hydrogens (tertiary/aromatic N) is 1. The normalized spacial score (nSPS) is 12.3. The lowest BCUT2D eigenvalue weighted by Crippen LogP contribution is -2.22. The summed E-state index contributed by atoms with van der Waals surface area (Å²) < 4.78 is 30.2. The van der Waals surface area contributed by atoms with Crippen LogP contribution in [0.1, 0.15) is 47.3 Å². The van der Waals surface area contributed by atoms with Gasteiger partial charge in [0.15, 0.2) is 17.4 Å². The Balaban J connectivity index is 2.40. The Bertz CT molecular complexity index is 1190. The minimum atomic E-state index is -1.26. The first kappa shape index (κ1) is 22.1. The molecule has 5 nitrogen and oxygen atoms in total. The van der Waals surface area contributed by atoms with Gasteiger partial charge in [-0.25, -0.2) is 8.78 Å². The van der Waals surface area contributed by atoms with E-state index in [2.05, 4.69) is 0 Å². The number of phenolic OH excluding ortho intramolecular Hbond substituents is 1. The molecule has 0 saturated heterocycles. The number of hydrogen-bond donors (Lipinski definition) is 2. The largest absolute Gasteiger partial charge is 0.503 e. The highest BCUT2D eigenvalue weighted by Gasteiger charge is 2.31. The number of benzene rings is 2. The van der Waals surface area contributed by atoms with Crippen LogP contribution >= 0.6 is 23.2 Å². The van der Waals surface area contributed by atoms with Gasteiger partial charge < -0.3 is 10.8 Å². The zero-order valence-corrected chi connectivity index (χ0v) is 17.6. The summed E-state index contributed by atoms with van der Waals surface area (Å²) in [6, 6.07) is 5.03. The van der Waals surface area contributed by atoms with Gasteiger partial charge in [-0.15, -0.1) is 0 Å². The zero-order chi connectivity index (χ0) is 22.3.